The SMILES string of the molecule is CC(=O)N[C@@H]1CN(Cc2cc(Cl)ccc2F)C[C@H]1CO. The molecule has 0 bridgehead atoms. The monoisotopic (exact) mass is 300 g/mol. The van der Waals surface area contributed by atoms with Crippen molar-refractivity contribution in [3.05, 3.63) is 34.6 Å². The number of carbonyl (C=O) groups excluding carboxylic acids is 1. The van der Waals surface area contributed by atoms with Gasteiger partial charge in [-0.3, -0.25) is 9.69 Å². The molecule has 0 unspecified atom stereocenters. The lowest BCUT2D eigenvalue weighted by atomic mass is 10.1. The Morgan fingerprint density at radius 1 is 1.55 bits per heavy atom. The molecule has 0 saturated carbocycles. The van der Waals surface area contributed by atoms with E-state index in [0.717, 1.165) is 0 Å². The lowest BCUT2D eigenvalue weighted by molar-refractivity contribution is -0.119. The van der Waals surface area contributed by atoms with Gasteiger partial charge in [0.2, 0.25) is 5.91 Å². The second-order valence-corrected chi connectivity index (χ2v) is 5.62. The highest BCUT2D eigenvalue weighted by Gasteiger charge is 2.32. The third-order valence-corrected chi connectivity index (χ3v) is 3.78. The van der Waals surface area contributed by atoms with E-state index in [-0.39, 0.29) is 30.3 Å². The number of aliphatic hydroxyl groups excluding tert-OH is 1. The molecule has 110 valence electrons. The Morgan fingerprint density at radius 2 is 2.30 bits per heavy atom. The summed E-state index contributed by atoms with van der Waals surface area (Å²) in [5.74, 6) is -0.441. The van der Waals surface area contributed by atoms with Gasteiger partial charge in [0.15, 0.2) is 0 Å². The minimum Gasteiger partial charge on any atom is -0.396 e. The van der Waals surface area contributed by atoms with Crippen LogP contribution in [-0.4, -0.2) is 41.7 Å². The zero-order chi connectivity index (χ0) is 14.7. The van der Waals surface area contributed by atoms with Gasteiger partial charge in [0, 0.05) is 55.7 Å². The first-order chi connectivity index (χ1) is 9.49. The highest BCUT2D eigenvalue weighted by molar-refractivity contribution is 6.30. The lowest BCUT2D eigenvalue weighted by Gasteiger charge is -2.17. The first-order valence-corrected chi connectivity index (χ1v) is 6.91. The van der Waals surface area contributed by atoms with Gasteiger partial charge in [0.25, 0.3) is 0 Å². The number of likely N-dealkylation sites (tertiary alicyclic amines) is 1. The van der Waals surface area contributed by atoms with Gasteiger partial charge in [-0.25, -0.2) is 4.39 Å². The van der Waals surface area contributed by atoms with Gasteiger partial charge in [-0.2, -0.15) is 0 Å². The van der Waals surface area contributed by atoms with Crippen LogP contribution in [0.5, 0.6) is 0 Å². The smallest absolute Gasteiger partial charge is 0.217 e. The largest absolute Gasteiger partial charge is 0.396 e. The number of amides is 1. The van der Waals surface area contributed by atoms with Gasteiger partial charge in [-0.05, 0) is 18.2 Å². The molecule has 4 nitrogen and oxygen atoms in total. The Labute approximate surface area is 122 Å². The summed E-state index contributed by atoms with van der Waals surface area (Å²) in [6.07, 6.45) is 0. The van der Waals surface area contributed by atoms with Crippen LogP contribution in [0.15, 0.2) is 18.2 Å². The van der Waals surface area contributed by atoms with E-state index in [4.69, 9.17) is 11.6 Å². The van der Waals surface area contributed by atoms with E-state index in [1.54, 1.807) is 6.07 Å². The lowest BCUT2D eigenvalue weighted by Crippen LogP contribution is -2.40. The maximum Gasteiger partial charge on any atom is 0.217 e. The average molecular weight is 301 g/mol. The van der Waals surface area contributed by atoms with Crippen LogP contribution in [0.2, 0.25) is 5.02 Å². The number of halogens is 2. The standard InChI is InChI=1S/C14H18ClFN2O2/c1-9(20)17-14-7-18(6-11(14)8-19)5-10-4-12(15)2-3-13(10)16/h2-4,11,14,19H,5-8H2,1H3,(H,17,20)/t11-,14+/m0/s1. The molecule has 1 heterocycles. The van der Waals surface area contributed by atoms with Gasteiger partial charge in [0.05, 0.1) is 0 Å². The molecule has 1 aromatic rings. The third-order valence-electron chi connectivity index (χ3n) is 3.54. The maximum atomic E-state index is 13.7. The number of hydrogen-bond donors (Lipinski definition) is 2. The minimum atomic E-state index is -0.294. The second-order valence-electron chi connectivity index (χ2n) is 5.18. The summed E-state index contributed by atoms with van der Waals surface area (Å²) in [4.78, 5) is 13.1. The van der Waals surface area contributed by atoms with Crippen molar-refractivity contribution >= 4 is 17.5 Å². The van der Waals surface area contributed by atoms with Crippen LogP contribution in [-0.2, 0) is 11.3 Å². The van der Waals surface area contributed by atoms with Crippen LogP contribution >= 0.6 is 11.6 Å². The fourth-order valence-electron chi connectivity index (χ4n) is 2.60. The van der Waals surface area contributed by atoms with Crippen molar-refractivity contribution < 1.29 is 14.3 Å². The molecule has 1 saturated heterocycles. The zero-order valence-electron chi connectivity index (χ0n) is 11.3. The molecule has 6 heteroatoms. The van der Waals surface area contributed by atoms with Crippen LogP contribution < -0.4 is 5.32 Å². The molecule has 0 radical (unpaired) electrons. The predicted octanol–water partition coefficient (Wildman–Crippen LogP) is 1.41. The molecule has 1 aliphatic rings. The van der Waals surface area contributed by atoms with E-state index < -0.39 is 0 Å². The van der Waals surface area contributed by atoms with Crippen LogP contribution in [0, 0.1) is 11.7 Å². The summed E-state index contributed by atoms with van der Waals surface area (Å²) in [6.45, 7) is 3.08. The number of carbonyl (C=O) groups is 1. The van der Waals surface area contributed by atoms with Gasteiger partial charge in [-0.15, -0.1) is 0 Å². The first-order valence-electron chi connectivity index (χ1n) is 6.54. The van der Waals surface area contributed by atoms with Crippen molar-refractivity contribution in [3.8, 4) is 0 Å². The van der Waals surface area contributed by atoms with E-state index >= 15 is 0 Å². The molecule has 20 heavy (non-hydrogen) atoms. The van der Waals surface area contributed by atoms with Gasteiger partial charge in [-0.1, -0.05) is 11.6 Å². The van der Waals surface area contributed by atoms with Crippen LogP contribution in [0.4, 0.5) is 4.39 Å². The molecule has 1 aliphatic heterocycles. The topological polar surface area (TPSA) is 52.6 Å². The van der Waals surface area contributed by atoms with Gasteiger partial charge < -0.3 is 10.4 Å². The maximum absolute atomic E-state index is 13.7. The van der Waals surface area contributed by atoms with Crippen molar-refractivity contribution in [1.82, 2.24) is 10.2 Å². The summed E-state index contributed by atoms with van der Waals surface area (Å²) in [5.41, 5.74) is 0.526. The Bertz CT molecular complexity index is 498. The van der Waals surface area contributed by atoms with Crippen molar-refractivity contribution in [2.75, 3.05) is 19.7 Å². The number of aliphatic hydroxyl groups is 1. The Kier molecular flexibility index (Phi) is 4.96. The molecule has 1 fully saturated rings. The van der Waals surface area contributed by atoms with Crippen molar-refractivity contribution in [2.45, 2.75) is 19.5 Å². The van der Waals surface area contributed by atoms with Gasteiger partial charge in [0.1, 0.15) is 5.82 Å². The molecule has 1 aromatic carbocycles. The third kappa shape index (κ3) is 3.69. The van der Waals surface area contributed by atoms with E-state index in [9.17, 15) is 14.3 Å². The molecule has 2 N–H and O–H groups in total. The van der Waals surface area contributed by atoms with E-state index in [2.05, 4.69) is 5.32 Å². The molecule has 2 rings (SSSR count). The summed E-state index contributed by atoms with van der Waals surface area (Å²) < 4.78 is 13.7. The molecule has 0 aromatic heterocycles. The summed E-state index contributed by atoms with van der Waals surface area (Å²) in [6, 6.07) is 4.37. The molecule has 1 amide bonds. The van der Waals surface area contributed by atoms with Crippen LogP contribution in [0.1, 0.15) is 12.5 Å². The number of benzene rings is 1. The van der Waals surface area contributed by atoms with Crippen molar-refractivity contribution in [3.63, 3.8) is 0 Å². The Morgan fingerprint density at radius 3 is 2.95 bits per heavy atom. The van der Waals surface area contributed by atoms with Crippen molar-refractivity contribution in [2.24, 2.45) is 5.92 Å². The second kappa shape index (κ2) is 6.52. The summed E-state index contributed by atoms with van der Waals surface area (Å²) >= 11 is 5.87. The highest BCUT2D eigenvalue weighted by atomic mass is 35.5. The normalized spacial score (nSPS) is 23.0. The number of nitrogens with one attached hydrogen (secondary N) is 1. The van der Waals surface area contributed by atoms with Gasteiger partial charge >= 0.3 is 0 Å². The summed E-state index contributed by atoms with van der Waals surface area (Å²) in [7, 11) is 0. The van der Waals surface area contributed by atoms with Crippen LogP contribution in [0.3, 0.4) is 0 Å². The van der Waals surface area contributed by atoms with E-state index in [1.165, 1.54) is 19.1 Å². The Hall–Kier alpha value is -1.17. The zero-order valence-corrected chi connectivity index (χ0v) is 12.0. The molecular weight excluding hydrogens is 283 g/mol. The first kappa shape index (κ1) is 15.2. The number of nitrogens with zero attached hydrogens (tertiary/aromatic N) is 1. The van der Waals surface area contributed by atoms with E-state index in [1.807, 2.05) is 4.90 Å². The minimum absolute atomic E-state index is 0.000521. The van der Waals surface area contributed by atoms with Crippen LogP contribution in [0.25, 0.3) is 0 Å². The number of hydrogen-bond acceptors (Lipinski definition) is 3. The highest BCUT2D eigenvalue weighted by Crippen LogP contribution is 2.22. The molecular formula is C14H18ClFN2O2. The molecule has 0 spiro atoms. The van der Waals surface area contributed by atoms with E-state index in [0.29, 0.717) is 30.2 Å². The fraction of sp³-hybridized carbons (Fsp3) is 0.500. The van der Waals surface area contributed by atoms with Crippen molar-refractivity contribution in [1.29, 1.82) is 0 Å². The number of rotatable bonds is 4. The predicted molar refractivity (Wildman–Crippen MR) is 74.9 cm³/mol. The average Bonchev–Trinajstić information content (AvgIpc) is 2.75. The Balaban J connectivity index is 2.04. The fourth-order valence-corrected chi connectivity index (χ4v) is 2.80. The quantitative estimate of drug-likeness (QED) is 0.884. The summed E-state index contributed by atoms with van der Waals surface area (Å²) in [5, 5.41) is 12.7. The molecule has 0 aliphatic carbocycles. The molecule has 2 atom stereocenters.